The van der Waals surface area contributed by atoms with E-state index in [1.165, 1.54) is 10.4 Å². The fraction of sp³-hybridized carbons (Fsp3) is 0.478. The molecule has 1 aliphatic heterocycles. The van der Waals surface area contributed by atoms with Crippen molar-refractivity contribution in [3.05, 3.63) is 53.9 Å². The maximum Gasteiger partial charge on any atom is 0.340 e. The topological polar surface area (TPSA) is 89.0 Å². The average molecular weight is 462 g/mol. The quantitative estimate of drug-likeness (QED) is 0.397. The lowest BCUT2D eigenvalue weighted by atomic mass is 10.1. The highest BCUT2D eigenvalue weighted by molar-refractivity contribution is 7.89. The number of nitrogens with zero attached hydrogens (tertiary/aromatic N) is 3. The first-order chi connectivity index (χ1) is 15.5. The summed E-state index contributed by atoms with van der Waals surface area (Å²) in [5, 5.41) is 0. The van der Waals surface area contributed by atoms with Crippen LogP contribution in [0.4, 0.5) is 5.69 Å². The molecule has 2 aromatic rings. The third-order valence-electron chi connectivity index (χ3n) is 5.45. The lowest BCUT2D eigenvalue weighted by Gasteiger charge is -2.30. The van der Waals surface area contributed by atoms with Gasteiger partial charge in [0, 0.05) is 38.6 Å². The summed E-state index contributed by atoms with van der Waals surface area (Å²) >= 11 is 0. The number of esters is 1. The summed E-state index contributed by atoms with van der Waals surface area (Å²) in [6, 6.07) is 8.57. The lowest BCUT2D eigenvalue weighted by molar-refractivity contribution is 0.0500. The Morgan fingerprint density at radius 3 is 2.59 bits per heavy atom. The molecule has 2 heterocycles. The van der Waals surface area contributed by atoms with Gasteiger partial charge in [0.25, 0.3) is 0 Å². The molecule has 32 heavy (non-hydrogen) atoms. The summed E-state index contributed by atoms with van der Waals surface area (Å²) in [7, 11) is -3.69. The molecule has 0 unspecified atom stereocenters. The van der Waals surface area contributed by atoms with E-state index >= 15 is 0 Å². The number of carbonyl (C=O) groups is 1. The van der Waals surface area contributed by atoms with E-state index in [1.807, 2.05) is 17.0 Å². The van der Waals surface area contributed by atoms with Crippen molar-refractivity contribution in [2.45, 2.75) is 31.6 Å². The third kappa shape index (κ3) is 5.85. The van der Waals surface area contributed by atoms with Crippen molar-refractivity contribution in [2.24, 2.45) is 0 Å². The molecule has 0 aliphatic carbocycles. The smallest absolute Gasteiger partial charge is 0.340 e. The Hall–Kier alpha value is -2.49. The molecule has 0 amide bonds. The summed E-state index contributed by atoms with van der Waals surface area (Å²) < 4.78 is 38.3. The largest absolute Gasteiger partial charge is 0.462 e. The van der Waals surface area contributed by atoms with Crippen LogP contribution in [-0.2, 0) is 25.9 Å². The van der Waals surface area contributed by atoms with Crippen LogP contribution in [0.15, 0.2) is 47.6 Å². The number of rotatable bonds is 10. The zero-order valence-electron chi connectivity index (χ0n) is 18.7. The number of aryl methyl sites for hydroxylation is 1. The number of morpholine rings is 1. The SMILES string of the molecule is CCN(CC)S(=O)(=O)c1ccc(N2CCOCC2)c(C(=O)OCCCc2cccnc2)c1. The van der Waals surface area contributed by atoms with Crippen molar-refractivity contribution in [1.82, 2.24) is 9.29 Å². The van der Waals surface area contributed by atoms with E-state index in [0.717, 1.165) is 12.0 Å². The van der Waals surface area contributed by atoms with Crippen LogP contribution in [-0.4, -0.2) is 69.7 Å². The number of anilines is 1. The highest BCUT2D eigenvalue weighted by Gasteiger charge is 2.26. The Morgan fingerprint density at radius 2 is 1.94 bits per heavy atom. The van der Waals surface area contributed by atoms with Crippen molar-refractivity contribution in [2.75, 3.05) is 50.9 Å². The molecule has 3 rings (SSSR count). The van der Waals surface area contributed by atoms with Gasteiger partial charge in [0.15, 0.2) is 0 Å². The molecule has 8 nitrogen and oxygen atoms in total. The summed E-state index contributed by atoms with van der Waals surface area (Å²) in [6.45, 7) is 6.91. The fourth-order valence-corrected chi connectivity index (χ4v) is 5.18. The first-order valence-corrected chi connectivity index (χ1v) is 12.4. The van der Waals surface area contributed by atoms with Gasteiger partial charge in [0.1, 0.15) is 0 Å². The monoisotopic (exact) mass is 461 g/mol. The standard InChI is InChI=1S/C23H31N3O5S/c1-3-26(4-2)32(28,29)20-9-10-22(25-12-15-30-16-13-25)21(17-20)23(27)31-14-6-8-19-7-5-11-24-18-19/h5,7,9-11,17-18H,3-4,6,8,12-16H2,1-2H3. The molecule has 0 N–H and O–H groups in total. The maximum atomic E-state index is 13.0. The number of sulfonamides is 1. The molecule has 1 aromatic heterocycles. The van der Waals surface area contributed by atoms with Crippen LogP contribution in [0.2, 0.25) is 0 Å². The van der Waals surface area contributed by atoms with Crippen LogP contribution in [0.1, 0.15) is 36.2 Å². The summed E-state index contributed by atoms with van der Waals surface area (Å²) in [5.41, 5.74) is 2.01. The number of carbonyl (C=O) groups excluding carboxylic acids is 1. The van der Waals surface area contributed by atoms with E-state index in [0.29, 0.717) is 51.5 Å². The Balaban J connectivity index is 1.80. The minimum atomic E-state index is -3.69. The number of aromatic nitrogens is 1. The zero-order valence-corrected chi connectivity index (χ0v) is 19.5. The molecule has 1 saturated heterocycles. The van der Waals surface area contributed by atoms with Gasteiger partial charge in [0.05, 0.1) is 36.0 Å². The number of pyridine rings is 1. The van der Waals surface area contributed by atoms with Gasteiger partial charge in [0.2, 0.25) is 10.0 Å². The van der Waals surface area contributed by atoms with Crippen LogP contribution in [0, 0.1) is 0 Å². The van der Waals surface area contributed by atoms with E-state index in [-0.39, 0.29) is 17.1 Å². The van der Waals surface area contributed by atoms with Gasteiger partial charge in [-0.1, -0.05) is 19.9 Å². The highest BCUT2D eigenvalue weighted by Crippen LogP contribution is 2.27. The van der Waals surface area contributed by atoms with E-state index in [1.54, 1.807) is 38.4 Å². The molecule has 1 aliphatic rings. The van der Waals surface area contributed by atoms with E-state index in [4.69, 9.17) is 9.47 Å². The number of hydrogen-bond acceptors (Lipinski definition) is 7. The average Bonchev–Trinajstić information content (AvgIpc) is 2.83. The number of ether oxygens (including phenoxy) is 2. The lowest BCUT2D eigenvalue weighted by Crippen LogP contribution is -2.37. The molecular weight excluding hydrogens is 430 g/mol. The first kappa shape index (κ1) is 24.2. The summed E-state index contributed by atoms with van der Waals surface area (Å²) in [6.07, 6.45) is 4.91. The molecule has 0 saturated carbocycles. The second kappa shape index (κ2) is 11.4. The summed E-state index contributed by atoms with van der Waals surface area (Å²) in [5.74, 6) is -0.519. The highest BCUT2D eigenvalue weighted by atomic mass is 32.2. The van der Waals surface area contributed by atoms with E-state index in [9.17, 15) is 13.2 Å². The molecule has 0 atom stereocenters. The van der Waals surface area contributed by atoms with Gasteiger partial charge in [-0.3, -0.25) is 4.98 Å². The first-order valence-electron chi connectivity index (χ1n) is 11.0. The van der Waals surface area contributed by atoms with Crippen molar-refractivity contribution in [1.29, 1.82) is 0 Å². The molecular formula is C23H31N3O5S. The van der Waals surface area contributed by atoms with E-state index < -0.39 is 16.0 Å². The van der Waals surface area contributed by atoms with Crippen LogP contribution in [0.3, 0.4) is 0 Å². The van der Waals surface area contributed by atoms with Gasteiger partial charge in [-0.15, -0.1) is 0 Å². The Bertz CT molecular complexity index is 988. The predicted molar refractivity (Wildman–Crippen MR) is 122 cm³/mol. The minimum Gasteiger partial charge on any atom is -0.462 e. The Morgan fingerprint density at radius 1 is 1.19 bits per heavy atom. The second-order valence-corrected chi connectivity index (χ2v) is 9.41. The minimum absolute atomic E-state index is 0.0977. The van der Waals surface area contributed by atoms with Gasteiger partial charge < -0.3 is 14.4 Å². The molecule has 9 heteroatoms. The van der Waals surface area contributed by atoms with E-state index in [2.05, 4.69) is 4.98 Å². The second-order valence-electron chi connectivity index (χ2n) is 7.47. The van der Waals surface area contributed by atoms with Crippen LogP contribution >= 0.6 is 0 Å². The molecule has 0 radical (unpaired) electrons. The normalized spacial score (nSPS) is 14.5. The zero-order chi connectivity index (χ0) is 23.0. The van der Waals surface area contributed by atoms with Gasteiger partial charge in [-0.2, -0.15) is 4.31 Å². The van der Waals surface area contributed by atoms with Gasteiger partial charge in [-0.05, 0) is 42.7 Å². The summed E-state index contributed by atoms with van der Waals surface area (Å²) in [4.78, 5) is 19.2. The van der Waals surface area contributed by atoms with Crippen LogP contribution < -0.4 is 4.90 Å². The van der Waals surface area contributed by atoms with Crippen LogP contribution in [0.5, 0.6) is 0 Å². The fourth-order valence-electron chi connectivity index (χ4n) is 3.70. The molecule has 174 valence electrons. The van der Waals surface area contributed by atoms with Crippen molar-refractivity contribution >= 4 is 21.7 Å². The molecule has 1 fully saturated rings. The van der Waals surface area contributed by atoms with Crippen LogP contribution in [0.25, 0.3) is 0 Å². The van der Waals surface area contributed by atoms with Crippen molar-refractivity contribution in [3.8, 4) is 0 Å². The number of benzene rings is 1. The Labute approximate surface area is 190 Å². The van der Waals surface area contributed by atoms with Crippen molar-refractivity contribution < 1.29 is 22.7 Å². The molecule has 0 bridgehead atoms. The third-order valence-corrected chi connectivity index (χ3v) is 7.49. The van der Waals surface area contributed by atoms with Crippen molar-refractivity contribution in [3.63, 3.8) is 0 Å². The van der Waals surface area contributed by atoms with Gasteiger partial charge in [-0.25, -0.2) is 13.2 Å². The molecule has 1 aromatic carbocycles. The number of hydrogen-bond donors (Lipinski definition) is 0. The molecule has 0 spiro atoms. The van der Waals surface area contributed by atoms with Gasteiger partial charge >= 0.3 is 5.97 Å². The predicted octanol–water partition coefficient (Wildman–Crippen LogP) is 2.74. The maximum absolute atomic E-state index is 13.0. The Kier molecular flexibility index (Phi) is 8.60.